The molecule has 0 spiro atoms. The van der Waals surface area contributed by atoms with Crippen LogP contribution in [0.1, 0.15) is 11.3 Å². The van der Waals surface area contributed by atoms with Crippen molar-refractivity contribution >= 4 is 11.3 Å². The monoisotopic (exact) mass is 229 g/mol. The van der Waals surface area contributed by atoms with Gasteiger partial charge in [0.25, 0.3) is 0 Å². The fourth-order valence-electron chi connectivity index (χ4n) is 1.85. The molecule has 0 amide bonds. The van der Waals surface area contributed by atoms with Crippen molar-refractivity contribution < 1.29 is 16.9 Å². The highest BCUT2D eigenvalue weighted by molar-refractivity contribution is 7.09. The van der Waals surface area contributed by atoms with Gasteiger partial charge in [-0.1, -0.05) is 12.1 Å². The summed E-state index contributed by atoms with van der Waals surface area (Å²) in [7, 11) is 2.35. The van der Waals surface area contributed by atoms with Gasteiger partial charge in [0.15, 0.2) is 0 Å². The van der Waals surface area contributed by atoms with Crippen LogP contribution in [0.2, 0.25) is 0 Å². The summed E-state index contributed by atoms with van der Waals surface area (Å²) in [6, 6.07) is 4.39. The molecule has 1 aliphatic heterocycles. The lowest BCUT2D eigenvalue weighted by molar-refractivity contribution is -0.917. The van der Waals surface area contributed by atoms with Crippen molar-refractivity contribution in [3.05, 3.63) is 34.5 Å². The van der Waals surface area contributed by atoms with Gasteiger partial charge in [-0.3, -0.25) is 0 Å². The van der Waals surface area contributed by atoms with Crippen LogP contribution in [-0.2, 0) is 6.54 Å². The highest BCUT2D eigenvalue weighted by Crippen LogP contribution is 2.19. The van der Waals surface area contributed by atoms with E-state index in [1.807, 2.05) is 11.3 Å². The van der Waals surface area contributed by atoms with Crippen LogP contribution in [0.3, 0.4) is 0 Å². The number of thiophene rings is 1. The van der Waals surface area contributed by atoms with E-state index in [-0.39, 0.29) is 12.4 Å². The van der Waals surface area contributed by atoms with E-state index in [0.29, 0.717) is 0 Å². The highest BCUT2D eigenvalue weighted by atomic mass is 35.5. The van der Waals surface area contributed by atoms with Gasteiger partial charge in [0, 0.05) is 6.42 Å². The first-order valence-electron chi connectivity index (χ1n) is 4.79. The lowest BCUT2D eigenvalue weighted by Gasteiger charge is -2.34. The zero-order valence-electron chi connectivity index (χ0n) is 8.45. The van der Waals surface area contributed by atoms with Crippen molar-refractivity contribution in [3.8, 4) is 0 Å². The van der Waals surface area contributed by atoms with Crippen LogP contribution < -0.4 is 12.4 Å². The largest absolute Gasteiger partial charge is 1.00 e. The van der Waals surface area contributed by atoms with Crippen LogP contribution in [0.4, 0.5) is 0 Å². The molecule has 1 atom stereocenters. The molecule has 1 nitrogen and oxygen atoms in total. The molecule has 2 rings (SSSR count). The molecule has 0 aromatic carbocycles. The van der Waals surface area contributed by atoms with Crippen LogP contribution in [0.5, 0.6) is 0 Å². The first-order chi connectivity index (χ1) is 6.29. The second-order valence-corrected chi connectivity index (χ2v) is 5.06. The van der Waals surface area contributed by atoms with Gasteiger partial charge in [-0.25, -0.2) is 0 Å². The van der Waals surface area contributed by atoms with Crippen molar-refractivity contribution in [3.63, 3.8) is 0 Å². The lowest BCUT2D eigenvalue weighted by Crippen LogP contribution is -3.00. The Bertz CT molecular complexity index is 294. The third-order valence-corrected chi connectivity index (χ3v) is 3.53. The molecule has 0 aliphatic carbocycles. The highest BCUT2D eigenvalue weighted by Gasteiger charge is 2.22. The Balaban J connectivity index is 0.000000980. The Morgan fingerprint density at radius 1 is 1.43 bits per heavy atom. The van der Waals surface area contributed by atoms with Crippen molar-refractivity contribution in [2.24, 2.45) is 0 Å². The van der Waals surface area contributed by atoms with E-state index in [2.05, 4.69) is 36.7 Å². The molecule has 0 saturated heterocycles. The summed E-state index contributed by atoms with van der Waals surface area (Å²) in [5.74, 6) is 0. The van der Waals surface area contributed by atoms with Crippen molar-refractivity contribution in [1.29, 1.82) is 0 Å². The zero-order valence-corrected chi connectivity index (χ0v) is 10.0. The summed E-state index contributed by atoms with van der Waals surface area (Å²) in [5.41, 5.74) is 0. The molecule has 1 aromatic heterocycles. The third-order valence-electron chi connectivity index (χ3n) is 2.67. The molecular weight excluding hydrogens is 214 g/mol. The number of nitrogens with zero attached hydrogens (tertiary/aromatic N) is 1. The van der Waals surface area contributed by atoms with Crippen LogP contribution in [0.15, 0.2) is 29.7 Å². The molecule has 14 heavy (non-hydrogen) atoms. The molecule has 0 saturated carbocycles. The van der Waals surface area contributed by atoms with E-state index in [9.17, 15) is 0 Å². The van der Waals surface area contributed by atoms with E-state index in [1.165, 1.54) is 35.4 Å². The van der Waals surface area contributed by atoms with Gasteiger partial charge in [-0.05, 0) is 17.5 Å². The second kappa shape index (κ2) is 4.96. The Labute approximate surface area is 96.1 Å². The smallest absolute Gasteiger partial charge is 0.114 e. The summed E-state index contributed by atoms with van der Waals surface area (Å²) in [6.45, 7) is 3.67. The molecule has 78 valence electrons. The van der Waals surface area contributed by atoms with Gasteiger partial charge < -0.3 is 16.9 Å². The molecule has 1 aromatic rings. The minimum atomic E-state index is 0. The minimum absolute atomic E-state index is 0. The Kier molecular flexibility index (Phi) is 4.17. The maximum Gasteiger partial charge on any atom is 0.114 e. The van der Waals surface area contributed by atoms with Gasteiger partial charge >= 0.3 is 0 Å². The average Bonchev–Trinajstić information content (AvgIpc) is 2.57. The Morgan fingerprint density at radius 3 is 2.86 bits per heavy atom. The zero-order chi connectivity index (χ0) is 9.15. The fraction of sp³-hybridized carbons (Fsp3) is 0.455. The van der Waals surface area contributed by atoms with Crippen LogP contribution in [-0.4, -0.2) is 24.6 Å². The fourth-order valence-corrected chi connectivity index (χ4v) is 2.72. The van der Waals surface area contributed by atoms with Crippen molar-refractivity contribution in [1.82, 2.24) is 0 Å². The second-order valence-electron chi connectivity index (χ2n) is 4.02. The van der Waals surface area contributed by atoms with Crippen LogP contribution in [0, 0.1) is 0 Å². The van der Waals surface area contributed by atoms with Gasteiger partial charge in [0.05, 0.1) is 25.0 Å². The summed E-state index contributed by atoms with van der Waals surface area (Å²) < 4.78 is 1.18. The normalized spacial score (nSPS) is 25.8. The summed E-state index contributed by atoms with van der Waals surface area (Å²) in [5, 5.41) is 2.17. The number of hydrogen-bond acceptors (Lipinski definition) is 1. The van der Waals surface area contributed by atoms with E-state index >= 15 is 0 Å². The van der Waals surface area contributed by atoms with Gasteiger partial charge in [-0.15, -0.1) is 11.3 Å². The lowest BCUT2D eigenvalue weighted by atomic mass is 10.2. The van der Waals surface area contributed by atoms with E-state index in [4.69, 9.17) is 0 Å². The number of hydrogen-bond donors (Lipinski definition) is 0. The molecule has 1 unspecified atom stereocenters. The predicted octanol–water partition coefficient (Wildman–Crippen LogP) is -0.341. The maximum absolute atomic E-state index is 2.35. The number of likely N-dealkylation sites (N-methyl/N-ethyl adjacent to an activating group) is 1. The number of quaternary nitrogens is 1. The van der Waals surface area contributed by atoms with E-state index in [1.54, 1.807) is 0 Å². The molecule has 3 heteroatoms. The number of halogens is 1. The molecule has 0 bridgehead atoms. The number of rotatable bonds is 2. The molecule has 2 heterocycles. The summed E-state index contributed by atoms with van der Waals surface area (Å²) >= 11 is 1.88. The first kappa shape index (κ1) is 11.8. The van der Waals surface area contributed by atoms with Crippen molar-refractivity contribution in [2.45, 2.75) is 13.0 Å². The molecule has 1 aliphatic rings. The molecule has 0 fully saturated rings. The molecular formula is C11H16ClNS. The molecule has 0 radical (unpaired) electrons. The predicted molar refractivity (Wildman–Crippen MR) is 57.7 cm³/mol. The van der Waals surface area contributed by atoms with E-state index < -0.39 is 0 Å². The Hall–Kier alpha value is -0.310. The molecule has 0 N–H and O–H groups in total. The van der Waals surface area contributed by atoms with Crippen LogP contribution in [0.25, 0.3) is 0 Å². The first-order valence-corrected chi connectivity index (χ1v) is 5.67. The van der Waals surface area contributed by atoms with Gasteiger partial charge in [-0.2, -0.15) is 0 Å². The van der Waals surface area contributed by atoms with E-state index in [0.717, 1.165) is 0 Å². The van der Waals surface area contributed by atoms with Gasteiger partial charge in [0.1, 0.15) is 6.54 Å². The Morgan fingerprint density at radius 2 is 2.29 bits per heavy atom. The van der Waals surface area contributed by atoms with Crippen LogP contribution >= 0.6 is 11.3 Å². The SMILES string of the molecule is C[N+]1(Cc2cccs2)CC=CCC1.[Cl-]. The standard InChI is InChI=1S/C11H16NS.ClH/c1-12(7-3-2-4-8-12)10-11-6-5-9-13-11;/h2-3,5-6,9H,4,7-8,10H2,1H3;1H/q+1;/p-1. The minimum Gasteiger partial charge on any atom is -1.00 e. The third kappa shape index (κ3) is 2.84. The summed E-state index contributed by atoms with van der Waals surface area (Å²) in [4.78, 5) is 1.51. The maximum atomic E-state index is 2.35. The topological polar surface area (TPSA) is 0 Å². The average molecular weight is 230 g/mol. The van der Waals surface area contributed by atoms with Crippen molar-refractivity contribution in [2.75, 3.05) is 20.1 Å². The quantitative estimate of drug-likeness (QED) is 0.481. The summed E-state index contributed by atoms with van der Waals surface area (Å²) in [6.07, 6.45) is 5.85. The van der Waals surface area contributed by atoms with Gasteiger partial charge in [0.2, 0.25) is 0 Å².